The number of rotatable bonds is 3. The normalized spacial score (nSPS) is 12.1. The van der Waals surface area contributed by atoms with Crippen LogP contribution in [-0.2, 0) is 20.9 Å². The van der Waals surface area contributed by atoms with Crippen LogP contribution >= 0.6 is 0 Å². The summed E-state index contributed by atoms with van der Waals surface area (Å²) in [5.74, 6) is 0. The molecule has 0 saturated heterocycles. The Morgan fingerprint density at radius 3 is 1.38 bits per heavy atom. The summed E-state index contributed by atoms with van der Waals surface area (Å²) in [6.07, 6.45) is 0. The van der Waals surface area contributed by atoms with Crippen molar-refractivity contribution in [3.8, 4) is 0 Å². The van der Waals surface area contributed by atoms with Crippen LogP contribution < -0.4 is 21.2 Å². The molecule has 0 bridgehead atoms. The number of benzene rings is 3. The van der Waals surface area contributed by atoms with Gasteiger partial charge in [0, 0.05) is 11.1 Å². The van der Waals surface area contributed by atoms with Gasteiger partial charge in [-0.1, -0.05) is 95.6 Å². The monoisotopic (exact) mass is 564 g/mol. The highest BCUT2D eigenvalue weighted by molar-refractivity contribution is 7.85. The Morgan fingerprint density at radius 1 is 0.656 bits per heavy atom. The number of hydrogen-bond acceptors (Lipinski definition) is 3. The van der Waals surface area contributed by atoms with Gasteiger partial charge in [-0.15, -0.1) is 0 Å². The van der Waals surface area contributed by atoms with Crippen LogP contribution in [0.5, 0.6) is 0 Å². The first-order chi connectivity index (χ1) is 14.7. The maximum atomic E-state index is 10.4. The molecule has 0 unspecified atom stereocenters. The lowest BCUT2D eigenvalue weighted by molar-refractivity contribution is -0.599. The van der Waals surface area contributed by atoms with Crippen molar-refractivity contribution >= 4 is 10.1 Å². The zero-order valence-electron chi connectivity index (χ0n) is 19.9. The summed E-state index contributed by atoms with van der Waals surface area (Å²) < 4.78 is 34.3. The van der Waals surface area contributed by atoms with Crippen LogP contribution in [0.4, 0.5) is 0 Å². The molecule has 0 amide bonds. The van der Waals surface area contributed by atoms with E-state index < -0.39 is 10.1 Å². The molecule has 0 heterocycles. The van der Waals surface area contributed by atoms with E-state index in [9.17, 15) is 13.0 Å². The van der Waals surface area contributed by atoms with Crippen molar-refractivity contribution in [3.05, 3.63) is 96.6 Å². The van der Waals surface area contributed by atoms with Gasteiger partial charge in [-0.3, -0.25) is 0 Å². The third-order valence-electron chi connectivity index (χ3n) is 4.88. The van der Waals surface area contributed by atoms with Crippen LogP contribution in [0.1, 0.15) is 58.2 Å². The molecule has 3 aromatic rings. The summed E-state index contributed by atoms with van der Waals surface area (Å²) in [6, 6.07) is 23.7. The average molecular weight is 565 g/mol. The fraction of sp³-hybridized carbons (Fsp3) is 0.333. The van der Waals surface area contributed by atoms with Crippen molar-refractivity contribution in [1.29, 1.82) is 0 Å². The zero-order chi connectivity index (χ0) is 24.2. The van der Waals surface area contributed by atoms with Crippen molar-refractivity contribution < 1.29 is 34.2 Å². The molecule has 0 aliphatic heterocycles. The van der Waals surface area contributed by atoms with Crippen LogP contribution in [-0.4, -0.2) is 13.0 Å². The van der Waals surface area contributed by atoms with E-state index in [0.29, 0.717) is 0 Å². The summed E-state index contributed by atoms with van der Waals surface area (Å²) in [4.78, 5) is -0.178. The largest absolute Gasteiger partial charge is 0.744 e. The van der Waals surface area contributed by atoms with Crippen molar-refractivity contribution in [3.63, 3.8) is 0 Å². The first kappa shape index (κ1) is 26.6. The third kappa shape index (κ3) is 7.71. The molecule has 0 aromatic heterocycles. The lowest BCUT2D eigenvalue weighted by Gasteiger charge is -2.20. The molecule has 0 N–H and O–H groups in total. The van der Waals surface area contributed by atoms with E-state index in [1.807, 2.05) is 6.92 Å². The Balaban J connectivity index is 0.000000278. The molecule has 0 atom stereocenters. The smallest absolute Gasteiger partial charge is 0.358 e. The number of aryl methyl sites for hydroxylation is 1. The van der Waals surface area contributed by atoms with Gasteiger partial charge >= 0.3 is 21.2 Å². The van der Waals surface area contributed by atoms with Crippen molar-refractivity contribution in [2.75, 3.05) is 0 Å². The van der Waals surface area contributed by atoms with Gasteiger partial charge in [-0.25, -0.2) is 8.42 Å². The van der Waals surface area contributed by atoms with E-state index in [-0.39, 0.29) is 36.9 Å². The van der Waals surface area contributed by atoms with E-state index in [4.69, 9.17) is 0 Å². The highest BCUT2D eigenvalue weighted by Crippen LogP contribution is 2.23. The number of hydrogen-bond donors (Lipinski definition) is 0. The maximum absolute atomic E-state index is 10.4. The third-order valence-corrected chi connectivity index (χ3v) is 8.77. The Kier molecular flexibility index (Phi) is 8.70. The Hall–Kier alpha value is -1.70. The topological polar surface area (TPSA) is 57.2 Å². The fourth-order valence-corrected chi connectivity index (χ4v) is 7.55. The van der Waals surface area contributed by atoms with Crippen molar-refractivity contribution in [2.45, 2.75) is 64.2 Å². The highest BCUT2D eigenvalue weighted by Gasteiger charge is 2.30. The predicted molar refractivity (Wildman–Crippen MR) is 127 cm³/mol. The lowest BCUT2D eigenvalue weighted by Crippen LogP contribution is -3.62. The minimum atomic E-state index is -4.27. The molecular weight excluding hydrogens is 531 g/mol. The predicted octanol–water partition coefficient (Wildman–Crippen LogP) is 3.31. The molecule has 3 nitrogen and oxygen atoms in total. The summed E-state index contributed by atoms with van der Waals surface area (Å²) in [5.41, 5.74) is 4.36. The summed E-state index contributed by atoms with van der Waals surface area (Å²) in [5, 5.41) is 0. The van der Waals surface area contributed by atoms with E-state index >= 15 is 0 Å². The van der Waals surface area contributed by atoms with Crippen molar-refractivity contribution in [2.24, 2.45) is 0 Å². The van der Waals surface area contributed by atoms with Gasteiger partial charge in [0.2, 0.25) is 0 Å². The lowest BCUT2D eigenvalue weighted by atomic mass is 9.87. The minimum absolute atomic E-state index is 0.147. The van der Waals surface area contributed by atoms with E-state index in [1.165, 1.54) is 23.3 Å². The molecule has 3 aromatic carbocycles. The molecule has 0 spiro atoms. The van der Waals surface area contributed by atoms with E-state index in [2.05, 4.69) is 90.1 Å². The van der Waals surface area contributed by atoms with E-state index in [0.717, 1.165) is 5.56 Å². The van der Waals surface area contributed by atoms with Gasteiger partial charge in [0.25, 0.3) is 0 Å². The highest BCUT2D eigenvalue weighted by atomic mass is 127. The van der Waals surface area contributed by atoms with Crippen LogP contribution in [0.3, 0.4) is 0 Å². The molecule has 172 valence electrons. The molecule has 0 aliphatic rings. The molecule has 0 aliphatic carbocycles. The second-order valence-corrected chi connectivity index (χ2v) is 14.1. The number of halogens is 1. The minimum Gasteiger partial charge on any atom is -0.744 e. The van der Waals surface area contributed by atoms with Gasteiger partial charge < -0.3 is 4.55 Å². The molecular formula is C27H33IO3S. The molecule has 5 heteroatoms. The first-order valence-electron chi connectivity index (χ1n) is 10.6. The fourth-order valence-electron chi connectivity index (χ4n) is 3.12. The molecule has 32 heavy (non-hydrogen) atoms. The quantitative estimate of drug-likeness (QED) is 0.363. The second-order valence-electron chi connectivity index (χ2n) is 9.82. The van der Waals surface area contributed by atoms with Crippen LogP contribution in [0.2, 0.25) is 0 Å². The maximum Gasteiger partial charge on any atom is 0.358 e. The van der Waals surface area contributed by atoms with Crippen molar-refractivity contribution in [1.82, 2.24) is 0 Å². The molecule has 0 saturated carbocycles. The van der Waals surface area contributed by atoms with Gasteiger partial charge in [-0.05, 0) is 42.0 Å². The summed E-state index contributed by atoms with van der Waals surface area (Å²) >= 11 is -0.147. The summed E-state index contributed by atoms with van der Waals surface area (Å²) in [6.45, 7) is 15.7. The Labute approximate surface area is 204 Å². The van der Waals surface area contributed by atoms with E-state index in [1.54, 1.807) is 19.3 Å². The molecule has 3 rings (SSSR count). The standard InChI is InChI=1S/C20H26I.C7H8O3S/c1-19(2,3)15-11-7-9-13-17(15)21-18-14-10-8-12-16(18)20(4,5)6;1-6-2-4-7(5-3-6)11(8,9)10/h7-14H,1-6H3;2-5H,1H3,(H,8,9,10)/q+1;/p-1. The van der Waals surface area contributed by atoms with Gasteiger partial charge in [-0.2, -0.15) is 0 Å². The summed E-state index contributed by atoms with van der Waals surface area (Å²) in [7, 11) is -4.27. The molecule has 0 radical (unpaired) electrons. The van der Waals surface area contributed by atoms with Crippen LogP contribution in [0, 0.1) is 14.1 Å². The SMILES string of the molecule is CC(C)(C)c1ccccc1[I+]c1ccccc1C(C)(C)C.Cc1ccc(S(=O)(=O)[O-])cc1. The first-order valence-corrected chi connectivity index (χ1v) is 14.1. The molecule has 0 fully saturated rings. The zero-order valence-corrected chi connectivity index (χ0v) is 22.9. The van der Waals surface area contributed by atoms with Crippen LogP contribution in [0.25, 0.3) is 0 Å². The van der Waals surface area contributed by atoms with Gasteiger partial charge in [0.1, 0.15) is 10.1 Å². The van der Waals surface area contributed by atoms with Crippen LogP contribution in [0.15, 0.2) is 77.7 Å². The van der Waals surface area contributed by atoms with Gasteiger partial charge in [0.05, 0.1) is 4.90 Å². The van der Waals surface area contributed by atoms with Gasteiger partial charge in [0.15, 0.2) is 7.14 Å². The second kappa shape index (κ2) is 10.5. The Bertz CT molecular complexity index is 1080. The Morgan fingerprint density at radius 2 is 1.03 bits per heavy atom. The average Bonchev–Trinajstić information content (AvgIpc) is 2.67.